The smallest absolute Gasteiger partial charge is 0.237 e. The summed E-state index contributed by atoms with van der Waals surface area (Å²) in [6.45, 7) is 4.58. The lowest BCUT2D eigenvalue weighted by molar-refractivity contribution is -0.123. The van der Waals surface area contributed by atoms with Crippen LogP contribution in [0.1, 0.15) is 25.1 Å². The van der Waals surface area contributed by atoms with E-state index in [1.165, 1.54) is 0 Å². The zero-order chi connectivity index (χ0) is 12.1. The van der Waals surface area contributed by atoms with Crippen LogP contribution in [0, 0.1) is 5.92 Å². The standard InChI is InChI=1S/C11H17BrN2OS/c1-3-7(2)10(13)11(15)14-5-9-4-8(12)6-16-9/h4,6-7,10H,3,5,13H2,1-2H3,(H,14,15). The van der Waals surface area contributed by atoms with Crippen molar-refractivity contribution in [1.29, 1.82) is 0 Å². The highest BCUT2D eigenvalue weighted by Crippen LogP contribution is 2.19. The molecule has 0 aliphatic carbocycles. The molecule has 90 valence electrons. The summed E-state index contributed by atoms with van der Waals surface area (Å²) in [6, 6.07) is 1.59. The number of rotatable bonds is 5. The molecule has 0 spiro atoms. The Bertz CT molecular complexity index is 354. The third kappa shape index (κ3) is 3.88. The molecule has 0 aliphatic rings. The van der Waals surface area contributed by atoms with E-state index in [2.05, 4.69) is 21.2 Å². The molecule has 0 bridgehead atoms. The molecule has 1 aromatic rings. The fraction of sp³-hybridized carbons (Fsp3) is 0.545. The predicted octanol–water partition coefficient (Wildman–Crippen LogP) is 2.50. The number of halogens is 1. The Morgan fingerprint density at radius 3 is 2.88 bits per heavy atom. The van der Waals surface area contributed by atoms with Crippen molar-refractivity contribution in [3.05, 3.63) is 20.8 Å². The van der Waals surface area contributed by atoms with Crippen LogP contribution in [-0.4, -0.2) is 11.9 Å². The lowest BCUT2D eigenvalue weighted by atomic mass is 9.99. The maximum atomic E-state index is 11.7. The van der Waals surface area contributed by atoms with Gasteiger partial charge in [-0.05, 0) is 27.9 Å². The zero-order valence-electron chi connectivity index (χ0n) is 9.50. The van der Waals surface area contributed by atoms with Crippen molar-refractivity contribution in [3.8, 4) is 0 Å². The summed E-state index contributed by atoms with van der Waals surface area (Å²) >= 11 is 4.99. The van der Waals surface area contributed by atoms with Crippen LogP contribution in [0.5, 0.6) is 0 Å². The fourth-order valence-electron chi connectivity index (χ4n) is 1.25. The van der Waals surface area contributed by atoms with E-state index in [0.717, 1.165) is 15.8 Å². The van der Waals surface area contributed by atoms with E-state index >= 15 is 0 Å². The van der Waals surface area contributed by atoms with E-state index in [-0.39, 0.29) is 11.8 Å². The van der Waals surface area contributed by atoms with E-state index < -0.39 is 6.04 Å². The number of nitrogens with one attached hydrogen (secondary N) is 1. The van der Waals surface area contributed by atoms with Crippen LogP contribution < -0.4 is 11.1 Å². The van der Waals surface area contributed by atoms with E-state index in [4.69, 9.17) is 5.73 Å². The van der Waals surface area contributed by atoms with Gasteiger partial charge in [-0.1, -0.05) is 20.3 Å². The van der Waals surface area contributed by atoms with Crippen LogP contribution in [0.3, 0.4) is 0 Å². The van der Waals surface area contributed by atoms with Gasteiger partial charge in [0.05, 0.1) is 12.6 Å². The van der Waals surface area contributed by atoms with Crippen molar-refractivity contribution in [2.75, 3.05) is 0 Å². The third-order valence-corrected chi connectivity index (χ3v) is 4.32. The summed E-state index contributed by atoms with van der Waals surface area (Å²) in [4.78, 5) is 12.8. The molecule has 2 atom stereocenters. The topological polar surface area (TPSA) is 55.1 Å². The van der Waals surface area contributed by atoms with Gasteiger partial charge in [-0.15, -0.1) is 11.3 Å². The highest BCUT2D eigenvalue weighted by atomic mass is 79.9. The van der Waals surface area contributed by atoms with Gasteiger partial charge in [0, 0.05) is 14.7 Å². The first kappa shape index (κ1) is 13.7. The van der Waals surface area contributed by atoms with E-state index in [1.807, 2.05) is 25.3 Å². The zero-order valence-corrected chi connectivity index (χ0v) is 11.9. The molecular formula is C11H17BrN2OS. The van der Waals surface area contributed by atoms with Crippen molar-refractivity contribution in [3.63, 3.8) is 0 Å². The van der Waals surface area contributed by atoms with Crippen LogP contribution in [0.4, 0.5) is 0 Å². The number of hydrogen-bond acceptors (Lipinski definition) is 3. The van der Waals surface area contributed by atoms with Crippen molar-refractivity contribution < 1.29 is 4.79 Å². The maximum absolute atomic E-state index is 11.7. The van der Waals surface area contributed by atoms with E-state index in [0.29, 0.717) is 6.54 Å². The number of carbonyl (C=O) groups is 1. The summed E-state index contributed by atoms with van der Waals surface area (Å²) in [5.41, 5.74) is 5.82. The molecule has 1 amide bonds. The Hall–Kier alpha value is -0.390. The minimum absolute atomic E-state index is 0.0705. The molecule has 1 rings (SSSR count). The molecule has 1 aromatic heterocycles. The summed E-state index contributed by atoms with van der Waals surface area (Å²) in [5, 5.41) is 4.85. The predicted molar refractivity (Wildman–Crippen MR) is 71.3 cm³/mol. The number of hydrogen-bond donors (Lipinski definition) is 2. The van der Waals surface area contributed by atoms with Gasteiger partial charge in [0.2, 0.25) is 5.91 Å². The quantitative estimate of drug-likeness (QED) is 0.878. The monoisotopic (exact) mass is 304 g/mol. The first-order valence-electron chi connectivity index (χ1n) is 5.30. The van der Waals surface area contributed by atoms with E-state index in [9.17, 15) is 4.79 Å². The first-order chi connectivity index (χ1) is 7.54. The summed E-state index contributed by atoms with van der Waals surface area (Å²) in [5.74, 6) is 0.147. The SMILES string of the molecule is CCC(C)C(N)C(=O)NCc1cc(Br)cs1. The Kier molecular flexibility index (Phi) is 5.44. The first-order valence-corrected chi connectivity index (χ1v) is 6.98. The van der Waals surface area contributed by atoms with Crippen LogP contribution in [0.15, 0.2) is 15.9 Å². The lowest BCUT2D eigenvalue weighted by Crippen LogP contribution is -2.44. The number of amides is 1. The minimum atomic E-state index is -0.409. The average Bonchev–Trinajstić information content (AvgIpc) is 2.69. The number of nitrogens with two attached hydrogens (primary N) is 1. The molecule has 3 nitrogen and oxygen atoms in total. The van der Waals surface area contributed by atoms with Crippen LogP contribution in [-0.2, 0) is 11.3 Å². The third-order valence-electron chi connectivity index (χ3n) is 2.62. The molecule has 0 aromatic carbocycles. The Labute approximate surface area is 109 Å². The highest BCUT2D eigenvalue weighted by Gasteiger charge is 2.18. The minimum Gasteiger partial charge on any atom is -0.350 e. The van der Waals surface area contributed by atoms with Crippen molar-refractivity contribution >= 4 is 33.2 Å². The van der Waals surface area contributed by atoms with Gasteiger partial charge in [0.25, 0.3) is 0 Å². The lowest BCUT2D eigenvalue weighted by Gasteiger charge is -2.17. The second-order valence-corrected chi connectivity index (χ2v) is 5.77. The normalized spacial score (nSPS) is 14.5. The van der Waals surface area contributed by atoms with E-state index in [1.54, 1.807) is 11.3 Å². The molecule has 1 heterocycles. The molecule has 0 aliphatic heterocycles. The molecule has 5 heteroatoms. The fourth-order valence-corrected chi connectivity index (χ4v) is 2.64. The Balaban J connectivity index is 2.40. The van der Waals surface area contributed by atoms with Crippen molar-refractivity contribution in [1.82, 2.24) is 5.32 Å². The molecule has 16 heavy (non-hydrogen) atoms. The summed E-state index contributed by atoms with van der Waals surface area (Å²) < 4.78 is 1.05. The maximum Gasteiger partial charge on any atom is 0.237 e. The average molecular weight is 305 g/mol. The number of carbonyl (C=O) groups excluding carboxylic acids is 1. The Morgan fingerprint density at radius 1 is 1.69 bits per heavy atom. The molecule has 0 saturated heterocycles. The van der Waals surface area contributed by atoms with Crippen LogP contribution in [0.2, 0.25) is 0 Å². The highest BCUT2D eigenvalue weighted by molar-refractivity contribution is 9.10. The van der Waals surface area contributed by atoms with Gasteiger partial charge < -0.3 is 11.1 Å². The van der Waals surface area contributed by atoms with Crippen LogP contribution in [0.25, 0.3) is 0 Å². The van der Waals surface area contributed by atoms with Gasteiger partial charge in [0.15, 0.2) is 0 Å². The van der Waals surface area contributed by atoms with Gasteiger partial charge >= 0.3 is 0 Å². The molecule has 3 N–H and O–H groups in total. The second kappa shape index (κ2) is 6.37. The number of thiophene rings is 1. The summed E-state index contributed by atoms with van der Waals surface area (Å²) in [6.07, 6.45) is 0.916. The largest absolute Gasteiger partial charge is 0.350 e. The molecule has 2 unspecified atom stereocenters. The molecular weight excluding hydrogens is 288 g/mol. The Morgan fingerprint density at radius 2 is 2.38 bits per heavy atom. The van der Waals surface area contributed by atoms with Gasteiger partial charge in [-0.3, -0.25) is 4.79 Å². The van der Waals surface area contributed by atoms with Crippen LogP contribution >= 0.6 is 27.3 Å². The van der Waals surface area contributed by atoms with Gasteiger partial charge in [-0.25, -0.2) is 0 Å². The molecule has 0 radical (unpaired) electrons. The molecule has 0 saturated carbocycles. The molecule has 0 fully saturated rings. The second-order valence-electron chi connectivity index (χ2n) is 3.86. The van der Waals surface area contributed by atoms with Crippen molar-refractivity contribution in [2.24, 2.45) is 11.7 Å². The van der Waals surface area contributed by atoms with Crippen molar-refractivity contribution in [2.45, 2.75) is 32.9 Å². The van der Waals surface area contributed by atoms with Gasteiger partial charge in [0.1, 0.15) is 0 Å². The van der Waals surface area contributed by atoms with Gasteiger partial charge in [-0.2, -0.15) is 0 Å². The summed E-state index contributed by atoms with van der Waals surface area (Å²) in [7, 11) is 0.